The summed E-state index contributed by atoms with van der Waals surface area (Å²) in [6.45, 7) is 0. The van der Waals surface area contributed by atoms with Crippen molar-refractivity contribution in [3.8, 4) is 113 Å². The summed E-state index contributed by atoms with van der Waals surface area (Å²) in [6, 6.07) is 83.0. The molecule has 5 aromatic heterocycles. The molecule has 8 aromatic carbocycles. The van der Waals surface area contributed by atoms with Crippen LogP contribution in [0.15, 0.2) is 250 Å². The Labute approximate surface area is 447 Å². The average molecular weight is 1140 g/mol. The Hall–Kier alpha value is -9.53. The van der Waals surface area contributed by atoms with Crippen LogP contribution in [0.5, 0.6) is 0 Å². The van der Waals surface area contributed by atoms with Crippen LogP contribution in [0, 0.1) is 18.2 Å². The molecule has 0 aliphatic rings. The van der Waals surface area contributed by atoms with Crippen molar-refractivity contribution in [3.63, 3.8) is 0 Å². The summed E-state index contributed by atoms with van der Waals surface area (Å²) in [5.74, 6) is 2.16. The van der Waals surface area contributed by atoms with E-state index >= 15 is 0 Å². The van der Waals surface area contributed by atoms with Crippen LogP contribution < -0.4 is 0 Å². The molecule has 0 spiro atoms. The zero-order valence-corrected chi connectivity index (χ0v) is 42.5. The number of hydrogen-bond donors (Lipinski definition) is 0. The predicted molar refractivity (Wildman–Crippen MR) is 295 cm³/mol. The molecule has 0 aliphatic carbocycles. The molecular formula is C66H41IrN8. The molecule has 0 saturated carbocycles. The van der Waals surface area contributed by atoms with E-state index in [0.29, 0.717) is 5.82 Å². The second kappa shape index (κ2) is 20.5. The first-order valence-electron chi connectivity index (χ1n) is 24.3. The van der Waals surface area contributed by atoms with Gasteiger partial charge in [0.05, 0.1) is 17.0 Å². The number of nitrogens with zero attached hydrogens (tertiary/aromatic N) is 8. The van der Waals surface area contributed by atoms with Crippen LogP contribution in [0.4, 0.5) is 0 Å². The maximum atomic E-state index is 5.21. The smallest absolute Gasteiger partial charge is 0.341 e. The van der Waals surface area contributed by atoms with Crippen LogP contribution in [-0.2, 0) is 20.1 Å². The van der Waals surface area contributed by atoms with E-state index in [2.05, 4.69) is 159 Å². The Bertz CT molecular complexity index is 3940. The minimum atomic E-state index is 0. The Morgan fingerprint density at radius 2 is 0.853 bits per heavy atom. The number of imidazole rings is 2. The van der Waals surface area contributed by atoms with E-state index in [1.807, 2.05) is 116 Å². The maximum Gasteiger partial charge on any atom is 3.00 e. The molecule has 75 heavy (non-hydrogen) atoms. The van der Waals surface area contributed by atoms with Crippen LogP contribution in [0.25, 0.3) is 124 Å². The largest absolute Gasteiger partial charge is 3.00 e. The van der Waals surface area contributed by atoms with E-state index in [1.165, 1.54) is 5.56 Å². The molecule has 5 heterocycles. The molecule has 0 aliphatic heterocycles. The van der Waals surface area contributed by atoms with Crippen LogP contribution >= 0.6 is 0 Å². The van der Waals surface area contributed by atoms with Crippen LogP contribution in [0.3, 0.4) is 0 Å². The minimum Gasteiger partial charge on any atom is -0.341 e. The van der Waals surface area contributed by atoms with Gasteiger partial charge in [0.2, 0.25) is 0 Å². The third-order valence-corrected chi connectivity index (χ3v) is 13.2. The molecular weight excluding hydrogens is 1100 g/mol. The molecule has 0 bridgehead atoms. The van der Waals surface area contributed by atoms with Crippen molar-refractivity contribution < 1.29 is 20.1 Å². The summed E-state index contributed by atoms with van der Waals surface area (Å²) in [4.78, 5) is 29.3. The minimum absolute atomic E-state index is 0. The van der Waals surface area contributed by atoms with Crippen molar-refractivity contribution in [2.75, 3.05) is 0 Å². The zero-order valence-electron chi connectivity index (χ0n) is 40.1. The van der Waals surface area contributed by atoms with Gasteiger partial charge in [-0.25, -0.2) is 9.97 Å². The Kier molecular flexibility index (Phi) is 12.7. The third kappa shape index (κ3) is 9.30. The molecule has 0 unspecified atom stereocenters. The normalized spacial score (nSPS) is 11.1. The molecule has 8 nitrogen and oxygen atoms in total. The fourth-order valence-corrected chi connectivity index (χ4v) is 9.57. The van der Waals surface area contributed by atoms with Gasteiger partial charge in [0.15, 0.2) is 0 Å². The molecule has 0 amide bonds. The molecule has 13 aromatic rings. The second-order valence-corrected chi connectivity index (χ2v) is 17.8. The fourth-order valence-electron chi connectivity index (χ4n) is 9.57. The van der Waals surface area contributed by atoms with Crippen LogP contribution in [-0.4, -0.2) is 39.0 Å². The number of benzene rings is 8. The van der Waals surface area contributed by atoms with Gasteiger partial charge in [0.25, 0.3) is 0 Å². The molecule has 354 valence electrons. The van der Waals surface area contributed by atoms with E-state index in [4.69, 9.17) is 19.9 Å². The van der Waals surface area contributed by atoms with Crippen molar-refractivity contribution in [2.24, 2.45) is 0 Å². The van der Waals surface area contributed by atoms with Crippen molar-refractivity contribution in [1.82, 2.24) is 39.0 Å². The van der Waals surface area contributed by atoms with E-state index in [9.17, 15) is 0 Å². The van der Waals surface area contributed by atoms with Crippen molar-refractivity contribution in [3.05, 3.63) is 268 Å². The quantitative estimate of drug-likeness (QED) is 0.120. The van der Waals surface area contributed by atoms with Gasteiger partial charge < -0.3 is 19.1 Å². The molecule has 0 radical (unpaired) electrons. The van der Waals surface area contributed by atoms with E-state index < -0.39 is 0 Å². The molecule has 0 fully saturated rings. The summed E-state index contributed by atoms with van der Waals surface area (Å²) < 4.78 is 4.19. The molecule has 0 atom stereocenters. The third-order valence-electron chi connectivity index (χ3n) is 13.2. The number of fused-ring (bicyclic) bond motifs is 1. The summed E-state index contributed by atoms with van der Waals surface area (Å²) in [7, 11) is 0. The second-order valence-electron chi connectivity index (χ2n) is 17.8. The SMILES string of the molecule is [Ir+3].[c-]1cc(-n2ccnc2-c2cc(-c3ccccc3-c3c[c-]c(-c4nc(-c5ccc(-c6ccccc6)cc5)c5ccccc5n4)cc3)cc(-c3nccn3-c3c[c-]c(-c4ccccn4)cc3)c2)ccc1-c1ccccn1. The van der Waals surface area contributed by atoms with Gasteiger partial charge in [0, 0.05) is 53.7 Å². The monoisotopic (exact) mass is 1140 g/mol. The first-order valence-corrected chi connectivity index (χ1v) is 24.3. The molecule has 9 heteroatoms. The molecule has 0 saturated heterocycles. The number of hydrogen-bond acceptors (Lipinski definition) is 6. The van der Waals surface area contributed by atoms with Gasteiger partial charge in [-0.1, -0.05) is 132 Å². The number of rotatable bonds is 11. The van der Waals surface area contributed by atoms with Crippen molar-refractivity contribution in [2.45, 2.75) is 0 Å². The Balaban J connectivity index is 0.00000569. The van der Waals surface area contributed by atoms with Gasteiger partial charge in [-0.15, -0.1) is 89.5 Å². The first-order chi connectivity index (χ1) is 36.7. The average Bonchev–Trinajstić information content (AvgIpc) is 4.21. The fraction of sp³-hybridized carbons (Fsp3) is 0. The maximum absolute atomic E-state index is 5.21. The summed E-state index contributed by atoms with van der Waals surface area (Å²) >= 11 is 0. The standard InChI is InChI=1S/C66H41N8.Ir/c1-2-12-45(13-3-1)46-20-24-50(25-21-46)63-59-16-6-7-19-62(59)71-64(72-63)51-26-22-47(23-27-51)57-14-4-5-15-58(57)52-42-53(65-69-38-40-73(65)55-32-28-48(29-33-55)60-17-8-10-36-67-60)44-54(43-52)66-70-39-41-74(66)56-34-30-49(31-35-56)61-18-9-11-37-68-61;/h1-26,28,30,32-44H;/q-3;+3. The van der Waals surface area contributed by atoms with Crippen molar-refractivity contribution >= 4 is 10.9 Å². The van der Waals surface area contributed by atoms with E-state index in [1.54, 1.807) is 12.4 Å². The Morgan fingerprint density at radius 1 is 0.347 bits per heavy atom. The van der Waals surface area contributed by atoms with Gasteiger partial charge in [-0.05, 0) is 87.0 Å². The number of para-hydroxylation sites is 1. The van der Waals surface area contributed by atoms with Crippen LogP contribution in [0.2, 0.25) is 0 Å². The first kappa shape index (κ1) is 46.5. The zero-order chi connectivity index (χ0) is 49.2. The Morgan fingerprint density at radius 3 is 1.43 bits per heavy atom. The number of aromatic nitrogens is 8. The summed E-state index contributed by atoms with van der Waals surface area (Å²) in [5, 5.41) is 0.995. The molecule has 13 rings (SSSR count). The van der Waals surface area contributed by atoms with Gasteiger partial charge in [-0.2, -0.15) is 0 Å². The topological polar surface area (TPSA) is 87.2 Å². The summed E-state index contributed by atoms with van der Waals surface area (Å²) in [6.07, 6.45) is 11.2. The van der Waals surface area contributed by atoms with Gasteiger partial charge >= 0.3 is 20.1 Å². The van der Waals surface area contributed by atoms with Gasteiger partial charge in [-0.3, -0.25) is 9.97 Å². The van der Waals surface area contributed by atoms with Crippen molar-refractivity contribution in [1.29, 1.82) is 0 Å². The van der Waals surface area contributed by atoms with E-state index in [0.717, 1.165) is 112 Å². The predicted octanol–water partition coefficient (Wildman–Crippen LogP) is 15.2. The van der Waals surface area contributed by atoms with Gasteiger partial charge in [0.1, 0.15) is 11.6 Å². The van der Waals surface area contributed by atoms with E-state index in [-0.39, 0.29) is 20.1 Å². The number of pyridine rings is 2. The molecule has 0 N–H and O–H groups in total. The van der Waals surface area contributed by atoms with Crippen LogP contribution in [0.1, 0.15) is 0 Å². The summed E-state index contributed by atoms with van der Waals surface area (Å²) in [5.41, 5.74) is 17.2.